The first-order valence-electron chi connectivity index (χ1n) is 8.47. The molecule has 1 saturated heterocycles. The number of nitrogens with zero attached hydrogens (tertiary/aromatic N) is 1. The van der Waals surface area contributed by atoms with Gasteiger partial charge >= 0.3 is 0 Å². The fourth-order valence-corrected chi connectivity index (χ4v) is 3.13. The van der Waals surface area contributed by atoms with Crippen molar-refractivity contribution >= 4 is 5.91 Å². The molecule has 0 radical (unpaired) electrons. The average molecular weight is 281 g/mol. The van der Waals surface area contributed by atoms with Crippen LogP contribution in [0.1, 0.15) is 52.4 Å². The molecule has 20 heavy (non-hydrogen) atoms. The van der Waals surface area contributed by atoms with Gasteiger partial charge in [-0.15, -0.1) is 0 Å². The zero-order valence-corrected chi connectivity index (χ0v) is 13.2. The second kappa shape index (κ2) is 7.99. The normalized spacial score (nSPS) is 20.6. The lowest BCUT2D eigenvalue weighted by Gasteiger charge is -2.30. The summed E-state index contributed by atoms with van der Waals surface area (Å²) in [5, 5.41) is 6.59. The molecule has 0 unspecified atom stereocenters. The van der Waals surface area contributed by atoms with Gasteiger partial charge in [-0.2, -0.15) is 0 Å². The zero-order chi connectivity index (χ0) is 14.4. The summed E-state index contributed by atoms with van der Waals surface area (Å²) in [5.74, 6) is 0.998. The Morgan fingerprint density at radius 1 is 1.20 bits per heavy atom. The van der Waals surface area contributed by atoms with E-state index < -0.39 is 0 Å². The first-order valence-corrected chi connectivity index (χ1v) is 8.47. The molecule has 0 aromatic heterocycles. The predicted molar refractivity (Wildman–Crippen MR) is 82.7 cm³/mol. The molecule has 1 saturated carbocycles. The lowest BCUT2D eigenvalue weighted by atomic mass is 9.97. The molecule has 1 heterocycles. The van der Waals surface area contributed by atoms with Crippen LogP contribution in [0.15, 0.2) is 0 Å². The minimum Gasteiger partial charge on any atom is -0.352 e. The van der Waals surface area contributed by atoms with Crippen LogP contribution in [0, 0.1) is 5.92 Å². The maximum Gasteiger partial charge on any atom is 0.234 e. The molecule has 4 nitrogen and oxygen atoms in total. The second-order valence-corrected chi connectivity index (χ2v) is 6.43. The highest BCUT2D eigenvalue weighted by molar-refractivity contribution is 5.78. The molecule has 0 aromatic carbocycles. The van der Waals surface area contributed by atoms with Gasteiger partial charge in [-0.25, -0.2) is 0 Å². The van der Waals surface area contributed by atoms with E-state index in [0.717, 1.165) is 38.4 Å². The molecule has 2 aliphatic rings. The van der Waals surface area contributed by atoms with Crippen molar-refractivity contribution in [3.8, 4) is 0 Å². The fourth-order valence-electron chi connectivity index (χ4n) is 3.13. The van der Waals surface area contributed by atoms with Gasteiger partial charge in [0.2, 0.25) is 5.91 Å². The number of carbonyl (C=O) groups is 1. The van der Waals surface area contributed by atoms with E-state index >= 15 is 0 Å². The van der Waals surface area contributed by atoms with Gasteiger partial charge in [0.05, 0.1) is 6.54 Å². The molecule has 1 aliphatic carbocycles. The lowest BCUT2D eigenvalue weighted by molar-refractivity contribution is -0.123. The Morgan fingerprint density at radius 3 is 2.40 bits per heavy atom. The van der Waals surface area contributed by atoms with E-state index in [2.05, 4.69) is 29.4 Å². The maximum atomic E-state index is 12.2. The molecular weight excluding hydrogens is 250 g/mol. The maximum absolute atomic E-state index is 12.2. The van der Waals surface area contributed by atoms with Crippen LogP contribution in [-0.2, 0) is 4.79 Å². The number of amides is 1. The fraction of sp³-hybridized carbons (Fsp3) is 0.938. The van der Waals surface area contributed by atoms with E-state index in [1.54, 1.807) is 0 Å². The molecule has 1 aliphatic heterocycles. The van der Waals surface area contributed by atoms with Crippen molar-refractivity contribution in [1.29, 1.82) is 0 Å². The molecule has 116 valence electrons. The first-order chi connectivity index (χ1) is 9.72. The highest BCUT2D eigenvalue weighted by Gasteiger charge is 2.32. The van der Waals surface area contributed by atoms with E-state index in [4.69, 9.17) is 0 Å². The standard InChI is InChI=1S/C16H31N3O/c1-3-14(4-2)18-16(20)12-19(15-5-6-15)11-13-7-9-17-10-8-13/h13-15,17H,3-12H2,1-2H3,(H,18,20). The van der Waals surface area contributed by atoms with Crippen molar-refractivity contribution in [3.63, 3.8) is 0 Å². The Hall–Kier alpha value is -0.610. The molecule has 1 amide bonds. The zero-order valence-electron chi connectivity index (χ0n) is 13.2. The van der Waals surface area contributed by atoms with E-state index in [1.807, 2.05) is 0 Å². The molecule has 0 atom stereocenters. The summed E-state index contributed by atoms with van der Waals surface area (Å²) in [4.78, 5) is 14.6. The van der Waals surface area contributed by atoms with Crippen LogP contribution in [0.4, 0.5) is 0 Å². The van der Waals surface area contributed by atoms with Crippen molar-refractivity contribution in [1.82, 2.24) is 15.5 Å². The highest BCUT2D eigenvalue weighted by Crippen LogP contribution is 2.28. The SMILES string of the molecule is CCC(CC)NC(=O)CN(CC1CCNCC1)C1CC1. The Kier molecular flexibility index (Phi) is 6.30. The third-order valence-electron chi connectivity index (χ3n) is 4.71. The molecule has 0 bridgehead atoms. The topological polar surface area (TPSA) is 44.4 Å². The second-order valence-electron chi connectivity index (χ2n) is 6.43. The molecule has 0 spiro atoms. The summed E-state index contributed by atoms with van der Waals surface area (Å²) >= 11 is 0. The van der Waals surface area contributed by atoms with Gasteiger partial charge in [-0.3, -0.25) is 9.69 Å². The van der Waals surface area contributed by atoms with Crippen LogP contribution >= 0.6 is 0 Å². The van der Waals surface area contributed by atoms with E-state index in [-0.39, 0.29) is 5.91 Å². The van der Waals surface area contributed by atoms with Crippen LogP contribution in [0.3, 0.4) is 0 Å². The van der Waals surface area contributed by atoms with Gasteiger partial charge in [0.25, 0.3) is 0 Å². The van der Waals surface area contributed by atoms with Crippen molar-refractivity contribution in [2.45, 2.75) is 64.5 Å². The van der Waals surface area contributed by atoms with Crippen molar-refractivity contribution in [2.24, 2.45) is 5.92 Å². The Balaban J connectivity index is 1.77. The number of hydrogen-bond donors (Lipinski definition) is 2. The van der Waals surface area contributed by atoms with Crippen LogP contribution in [0.25, 0.3) is 0 Å². The molecule has 4 heteroatoms. The summed E-state index contributed by atoms with van der Waals surface area (Å²) in [7, 11) is 0. The molecule has 2 fully saturated rings. The molecular formula is C16H31N3O. The van der Waals surface area contributed by atoms with Crippen LogP contribution in [0.5, 0.6) is 0 Å². The van der Waals surface area contributed by atoms with E-state index in [0.29, 0.717) is 18.6 Å². The highest BCUT2D eigenvalue weighted by atomic mass is 16.2. The van der Waals surface area contributed by atoms with Gasteiger partial charge < -0.3 is 10.6 Å². The van der Waals surface area contributed by atoms with Gasteiger partial charge in [0.15, 0.2) is 0 Å². The van der Waals surface area contributed by atoms with Crippen LogP contribution < -0.4 is 10.6 Å². The lowest BCUT2D eigenvalue weighted by Crippen LogP contribution is -2.45. The average Bonchev–Trinajstić information content (AvgIpc) is 3.30. The number of piperidine rings is 1. The number of rotatable bonds is 8. The summed E-state index contributed by atoms with van der Waals surface area (Å²) < 4.78 is 0. The minimum atomic E-state index is 0.222. The monoisotopic (exact) mass is 281 g/mol. The third-order valence-corrected chi connectivity index (χ3v) is 4.71. The van der Waals surface area contributed by atoms with Crippen LogP contribution in [-0.4, -0.2) is 49.1 Å². The van der Waals surface area contributed by atoms with Crippen molar-refractivity contribution in [2.75, 3.05) is 26.2 Å². The Morgan fingerprint density at radius 2 is 1.85 bits per heavy atom. The summed E-state index contributed by atoms with van der Waals surface area (Å²) in [6.45, 7) is 8.28. The quantitative estimate of drug-likeness (QED) is 0.712. The van der Waals surface area contributed by atoms with Crippen molar-refractivity contribution < 1.29 is 4.79 Å². The smallest absolute Gasteiger partial charge is 0.234 e. The summed E-state index contributed by atoms with van der Waals surface area (Å²) in [6, 6.07) is 1.03. The first kappa shape index (κ1) is 15.8. The molecule has 2 rings (SSSR count). The van der Waals surface area contributed by atoms with Gasteiger partial charge in [0, 0.05) is 18.6 Å². The minimum absolute atomic E-state index is 0.222. The summed E-state index contributed by atoms with van der Waals surface area (Å²) in [5.41, 5.74) is 0. The predicted octanol–water partition coefficient (Wildman–Crippen LogP) is 1.76. The van der Waals surface area contributed by atoms with Gasteiger partial charge in [-0.1, -0.05) is 13.8 Å². The number of nitrogens with one attached hydrogen (secondary N) is 2. The molecule has 2 N–H and O–H groups in total. The van der Waals surface area contributed by atoms with E-state index in [9.17, 15) is 4.79 Å². The van der Waals surface area contributed by atoms with Crippen molar-refractivity contribution in [3.05, 3.63) is 0 Å². The largest absolute Gasteiger partial charge is 0.352 e. The third kappa shape index (κ3) is 5.06. The number of hydrogen-bond acceptors (Lipinski definition) is 3. The Bertz CT molecular complexity index is 294. The number of carbonyl (C=O) groups excluding carboxylic acids is 1. The van der Waals surface area contributed by atoms with Gasteiger partial charge in [-0.05, 0) is 57.5 Å². The summed E-state index contributed by atoms with van der Waals surface area (Å²) in [6.07, 6.45) is 7.14. The van der Waals surface area contributed by atoms with Crippen LogP contribution in [0.2, 0.25) is 0 Å². The molecule has 0 aromatic rings. The van der Waals surface area contributed by atoms with E-state index in [1.165, 1.54) is 25.7 Å². The van der Waals surface area contributed by atoms with Gasteiger partial charge in [0.1, 0.15) is 0 Å². The Labute approximate surface area is 123 Å².